The van der Waals surface area contributed by atoms with E-state index in [9.17, 15) is 15.2 Å². The van der Waals surface area contributed by atoms with Crippen molar-refractivity contribution in [2.75, 3.05) is 0 Å². The number of phenolic OH excluding ortho intramolecular Hbond substituents is 1. The average Bonchev–Trinajstić information content (AvgIpc) is 2.00. The average molecular weight is 188 g/mol. The zero-order valence-electron chi connectivity index (χ0n) is 6.24. The predicted molar refractivity (Wildman–Crippen MR) is 44.5 cm³/mol. The van der Waals surface area contributed by atoms with Gasteiger partial charge in [-0.1, -0.05) is 17.7 Å². The van der Waals surface area contributed by atoms with Crippen molar-refractivity contribution in [3.8, 4) is 5.75 Å². The molecular formula is C7H6ClNO3. The lowest BCUT2D eigenvalue weighted by Crippen LogP contribution is -1.89. The molecule has 1 rings (SSSR count). The second kappa shape index (κ2) is 2.98. The summed E-state index contributed by atoms with van der Waals surface area (Å²) in [7, 11) is 0. The lowest BCUT2D eigenvalue weighted by molar-refractivity contribution is -0.385. The van der Waals surface area contributed by atoms with Crippen LogP contribution in [0.2, 0.25) is 5.02 Å². The standard InChI is InChI=1S/C7H6ClNO3/c1-4-2-3-5(9(11)12)7(10)6(4)8/h2-3,10H,1H3. The minimum absolute atomic E-state index is 0.0317. The van der Waals surface area contributed by atoms with Gasteiger partial charge in [-0.3, -0.25) is 10.1 Å². The predicted octanol–water partition coefficient (Wildman–Crippen LogP) is 2.26. The maximum absolute atomic E-state index is 10.3. The first-order valence-electron chi connectivity index (χ1n) is 3.16. The third-order valence-corrected chi connectivity index (χ3v) is 1.96. The second-order valence-corrected chi connectivity index (χ2v) is 2.70. The van der Waals surface area contributed by atoms with Crippen LogP contribution in [0.25, 0.3) is 0 Å². The van der Waals surface area contributed by atoms with Gasteiger partial charge in [0.1, 0.15) is 0 Å². The lowest BCUT2D eigenvalue weighted by Gasteiger charge is -2.00. The zero-order valence-corrected chi connectivity index (χ0v) is 7.00. The Hall–Kier alpha value is -1.29. The molecule has 0 unspecified atom stereocenters. The van der Waals surface area contributed by atoms with Crippen molar-refractivity contribution in [2.24, 2.45) is 0 Å². The summed E-state index contributed by atoms with van der Waals surface area (Å²) < 4.78 is 0. The number of hydrogen-bond donors (Lipinski definition) is 1. The van der Waals surface area contributed by atoms with Gasteiger partial charge in [0.15, 0.2) is 0 Å². The number of halogens is 1. The van der Waals surface area contributed by atoms with Gasteiger partial charge in [0, 0.05) is 6.07 Å². The van der Waals surface area contributed by atoms with Crippen molar-refractivity contribution < 1.29 is 10.0 Å². The molecule has 12 heavy (non-hydrogen) atoms. The maximum Gasteiger partial charge on any atom is 0.312 e. The summed E-state index contributed by atoms with van der Waals surface area (Å²) in [6.45, 7) is 1.66. The van der Waals surface area contributed by atoms with Gasteiger partial charge in [-0.2, -0.15) is 0 Å². The molecule has 0 aliphatic carbocycles. The summed E-state index contributed by atoms with van der Waals surface area (Å²) in [5, 5.41) is 19.5. The molecule has 64 valence electrons. The third kappa shape index (κ3) is 1.33. The molecule has 0 atom stereocenters. The largest absolute Gasteiger partial charge is 0.501 e. The van der Waals surface area contributed by atoms with E-state index in [2.05, 4.69) is 0 Å². The maximum atomic E-state index is 10.3. The van der Waals surface area contributed by atoms with Crippen LogP contribution in [0.15, 0.2) is 12.1 Å². The third-order valence-electron chi connectivity index (χ3n) is 1.48. The van der Waals surface area contributed by atoms with Gasteiger partial charge < -0.3 is 5.11 Å². The summed E-state index contributed by atoms with van der Waals surface area (Å²) in [6.07, 6.45) is 0. The Morgan fingerprint density at radius 2 is 2.17 bits per heavy atom. The topological polar surface area (TPSA) is 63.4 Å². The molecule has 0 amide bonds. The molecular weight excluding hydrogens is 182 g/mol. The van der Waals surface area contributed by atoms with E-state index in [0.29, 0.717) is 5.56 Å². The van der Waals surface area contributed by atoms with Crippen molar-refractivity contribution in [1.29, 1.82) is 0 Å². The number of benzene rings is 1. The minimum atomic E-state index is -0.680. The number of aryl methyl sites for hydroxylation is 1. The Kier molecular flexibility index (Phi) is 2.19. The summed E-state index contributed by atoms with van der Waals surface area (Å²) in [5.74, 6) is -0.471. The highest BCUT2D eigenvalue weighted by atomic mass is 35.5. The summed E-state index contributed by atoms with van der Waals surface area (Å²) in [4.78, 5) is 9.59. The number of rotatable bonds is 1. The molecule has 0 aliphatic heterocycles. The van der Waals surface area contributed by atoms with Crippen molar-refractivity contribution in [1.82, 2.24) is 0 Å². The Bertz CT molecular complexity index is 338. The van der Waals surface area contributed by atoms with Crippen LogP contribution in [0, 0.1) is 17.0 Å². The second-order valence-electron chi connectivity index (χ2n) is 2.32. The lowest BCUT2D eigenvalue weighted by atomic mass is 10.2. The van der Waals surface area contributed by atoms with E-state index in [1.165, 1.54) is 12.1 Å². The fourth-order valence-corrected chi connectivity index (χ4v) is 0.962. The van der Waals surface area contributed by atoms with E-state index >= 15 is 0 Å². The van der Waals surface area contributed by atoms with E-state index in [-0.39, 0.29) is 10.7 Å². The molecule has 0 spiro atoms. The number of aromatic hydroxyl groups is 1. The van der Waals surface area contributed by atoms with Crippen LogP contribution in [-0.4, -0.2) is 10.0 Å². The van der Waals surface area contributed by atoms with Gasteiger partial charge in [0.25, 0.3) is 0 Å². The Morgan fingerprint density at radius 3 is 2.67 bits per heavy atom. The van der Waals surface area contributed by atoms with Crippen molar-refractivity contribution in [3.05, 3.63) is 32.8 Å². The molecule has 1 N–H and O–H groups in total. The smallest absolute Gasteiger partial charge is 0.312 e. The number of phenols is 1. The molecule has 0 saturated heterocycles. The van der Waals surface area contributed by atoms with Crippen molar-refractivity contribution in [3.63, 3.8) is 0 Å². The summed E-state index contributed by atoms with van der Waals surface area (Å²) in [6, 6.07) is 2.71. The van der Waals surface area contributed by atoms with Gasteiger partial charge in [0.05, 0.1) is 9.95 Å². The molecule has 0 heterocycles. The van der Waals surface area contributed by atoms with Crippen LogP contribution in [0.4, 0.5) is 5.69 Å². The normalized spacial score (nSPS) is 9.83. The number of nitrogens with zero attached hydrogens (tertiary/aromatic N) is 1. The van der Waals surface area contributed by atoms with Gasteiger partial charge in [0.2, 0.25) is 5.75 Å². The highest BCUT2D eigenvalue weighted by Gasteiger charge is 2.16. The molecule has 1 aromatic rings. The molecule has 0 bridgehead atoms. The molecule has 4 nitrogen and oxygen atoms in total. The van der Waals surface area contributed by atoms with Crippen molar-refractivity contribution >= 4 is 17.3 Å². The first kappa shape index (κ1) is 8.80. The minimum Gasteiger partial charge on any atom is -0.501 e. The van der Waals surface area contributed by atoms with E-state index < -0.39 is 10.7 Å². The Morgan fingerprint density at radius 1 is 1.58 bits per heavy atom. The highest BCUT2D eigenvalue weighted by Crippen LogP contribution is 2.35. The molecule has 1 aromatic carbocycles. The summed E-state index contributed by atoms with van der Waals surface area (Å²) in [5.41, 5.74) is 0.241. The summed E-state index contributed by atoms with van der Waals surface area (Å²) >= 11 is 5.57. The van der Waals surface area contributed by atoms with Crippen LogP contribution in [0.5, 0.6) is 5.75 Å². The van der Waals surface area contributed by atoms with Gasteiger partial charge in [-0.25, -0.2) is 0 Å². The van der Waals surface area contributed by atoms with E-state index in [1.807, 2.05) is 0 Å². The SMILES string of the molecule is Cc1ccc([N+](=O)[O-])c(O)c1Cl. The Balaban J connectivity index is 3.36. The Labute approximate surface area is 73.5 Å². The van der Waals surface area contributed by atoms with Gasteiger partial charge in [-0.05, 0) is 12.5 Å². The number of nitro groups is 1. The first-order valence-corrected chi connectivity index (χ1v) is 3.54. The van der Waals surface area contributed by atoms with Gasteiger partial charge in [-0.15, -0.1) is 0 Å². The van der Waals surface area contributed by atoms with Gasteiger partial charge >= 0.3 is 5.69 Å². The molecule has 0 aliphatic rings. The number of nitro benzene ring substituents is 1. The highest BCUT2D eigenvalue weighted by molar-refractivity contribution is 6.33. The van der Waals surface area contributed by atoms with Crippen LogP contribution >= 0.6 is 11.6 Å². The number of hydrogen-bond acceptors (Lipinski definition) is 3. The monoisotopic (exact) mass is 187 g/mol. The zero-order chi connectivity index (χ0) is 9.30. The fourth-order valence-electron chi connectivity index (χ4n) is 0.803. The first-order chi connectivity index (χ1) is 5.54. The van der Waals surface area contributed by atoms with Crippen LogP contribution in [-0.2, 0) is 0 Å². The molecule has 5 heteroatoms. The molecule has 0 fully saturated rings. The molecule has 0 saturated carbocycles. The molecule has 0 radical (unpaired) electrons. The molecule has 0 aromatic heterocycles. The fraction of sp³-hybridized carbons (Fsp3) is 0.143. The van der Waals surface area contributed by atoms with E-state index in [0.717, 1.165) is 0 Å². The van der Waals surface area contributed by atoms with E-state index in [1.54, 1.807) is 6.92 Å². The van der Waals surface area contributed by atoms with Crippen molar-refractivity contribution in [2.45, 2.75) is 6.92 Å². The van der Waals surface area contributed by atoms with E-state index in [4.69, 9.17) is 11.6 Å². The van der Waals surface area contributed by atoms with Crippen LogP contribution in [0.1, 0.15) is 5.56 Å². The quantitative estimate of drug-likeness (QED) is 0.542. The van der Waals surface area contributed by atoms with Crippen LogP contribution < -0.4 is 0 Å². The van der Waals surface area contributed by atoms with Crippen LogP contribution in [0.3, 0.4) is 0 Å².